The zero-order valence-electron chi connectivity index (χ0n) is 6.03. The largest absolute Gasteiger partial charge is 0.481 e. The van der Waals surface area contributed by atoms with Gasteiger partial charge in [0.1, 0.15) is 0 Å². The summed E-state index contributed by atoms with van der Waals surface area (Å²) in [5, 5.41) is 26.2. The number of carbonyl (C=O) groups is 1. The second kappa shape index (κ2) is 2.98. The van der Waals surface area contributed by atoms with Crippen LogP contribution in [0.15, 0.2) is 0 Å². The summed E-state index contributed by atoms with van der Waals surface area (Å²) in [6.07, 6.45) is -1.46. The fraction of sp³-hybridized carbons (Fsp3) is 0.833. The maximum atomic E-state index is 10.0. The topological polar surface area (TPSA) is 77.8 Å². The van der Waals surface area contributed by atoms with Crippen LogP contribution in [-0.2, 0) is 4.79 Å². The summed E-state index contributed by atoms with van der Waals surface area (Å²) in [7, 11) is 0. The van der Waals surface area contributed by atoms with Crippen LogP contribution in [0, 0.1) is 0 Å². The van der Waals surface area contributed by atoms with Crippen molar-refractivity contribution in [1.82, 2.24) is 0 Å². The van der Waals surface area contributed by atoms with Gasteiger partial charge in [0.25, 0.3) is 0 Å². The molecule has 0 saturated heterocycles. The monoisotopic (exact) mass is 148 g/mol. The van der Waals surface area contributed by atoms with Crippen LogP contribution in [0.1, 0.15) is 20.3 Å². The summed E-state index contributed by atoms with van der Waals surface area (Å²) >= 11 is 0. The normalized spacial score (nSPS) is 19.6. The van der Waals surface area contributed by atoms with Crippen LogP contribution in [0.3, 0.4) is 0 Å². The van der Waals surface area contributed by atoms with Crippen LogP contribution in [0.2, 0.25) is 0 Å². The lowest BCUT2D eigenvalue weighted by Crippen LogP contribution is -2.39. The molecule has 4 heteroatoms. The standard InChI is InChI=1S/C6H12O4/c1-4(7)6(2,10)3-5(8)9/h4,7,10H,3H2,1-2H3,(H,8,9). The fourth-order valence-corrected chi connectivity index (χ4v) is 0.454. The second-order valence-corrected chi connectivity index (χ2v) is 2.60. The Morgan fingerprint density at radius 1 is 1.70 bits per heavy atom. The van der Waals surface area contributed by atoms with Crippen molar-refractivity contribution in [3.05, 3.63) is 0 Å². The molecular formula is C6H12O4. The van der Waals surface area contributed by atoms with Crippen molar-refractivity contribution in [2.75, 3.05) is 0 Å². The molecule has 3 N–H and O–H groups in total. The van der Waals surface area contributed by atoms with Crippen molar-refractivity contribution in [3.8, 4) is 0 Å². The summed E-state index contributed by atoms with van der Waals surface area (Å²) in [6, 6.07) is 0. The van der Waals surface area contributed by atoms with Gasteiger partial charge < -0.3 is 15.3 Å². The lowest BCUT2D eigenvalue weighted by Gasteiger charge is -2.23. The Labute approximate surface area is 59.1 Å². The Morgan fingerprint density at radius 2 is 2.10 bits per heavy atom. The van der Waals surface area contributed by atoms with Crippen molar-refractivity contribution >= 4 is 5.97 Å². The van der Waals surface area contributed by atoms with Gasteiger partial charge in [-0.1, -0.05) is 0 Å². The maximum absolute atomic E-state index is 10.0. The van der Waals surface area contributed by atoms with Gasteiger partial charge >= 0.3 is 5.97 Å². The molecule has 0 aromatic rings. The molecule has 10 heavy (non-hydrogen) atoms. The SMILES string of the molecule is CC(O)C(C)(O)CC(=O)O. The van der Waals surface area contributed by atoms with Gasteiger partial charge in [0.15, 0.2) is 0 Å². The van der Waals surface area contributed by atoms with Gasteiger partial charge in [-0.25, -0.2) is 0 Å². The molecule has 60 valence electrons. The summed E-state index contributed by atoms with van der Waals surface area (Å²) in [6.45, 7) is 2.63. The highest BCUT2D eigenvalue weighted by molar-refractivity contribution is 5.68. The van der Waals surface area contributed by atoms with Crippen molar-refractivity contribution in [2.45, 2.75) is 32.0 Å². The summed E-state index contributed by atoms with van der Waals surface area (Å²) < 4.78 is 0. The van der Waals surface area contributed by atoms with Crippen LogP contribution in [0.5, 0.6) is 0 Å². The van der Waals surface area contributed by atoms with E-state index in [1.165, 1.54) is 13.8 Å². The minimum absolute atomic E-state index is 0.440. The van der Waals surface area contributed by atoms with Gasteiger partial charge in [0.2, 0.25) is 0 Å². The summed E-state index contributed by atoms with van der Waals surface area (Å²) in [5.41, 5.74) is -1.52. The van der Waals surface area contributed by atoms with E-state index in [1.807, 2.05) is 0 Å². The van der Waals surface area contributed by atoms with Crippen LogP contribution < -0.4 is 0 Å². The summed E-state index contributed by atoms with van der Waals surface area (Å²) in [5.74, 6) is -1.12. The first kappa shape index (κ1) is 9.39. The lowest BCUT2D eigenvalue weighted by atomic mass is 9.97. The molecule has 0 saturated carbocycles. The van der Waals surface area contributed by atoms with Gasteiger partial charge in [-0.15, -0.1) is 0 Å². The number of rotatable bonds is 3. The van der Waals surface area contributed by atoms with E-state index in [2.05, 4.69) is 0 Å². The molecule has 0 amide bonds. The van der Waals surface area contributed by atoms with Crippen LogP contribution in [0.25, 0.3) is 0 Å². The minimum Gasteiger partial charge on any atom is -0.481 e. The quantitative estimate of drug-likeness (QED) is 0.508. The first-order chi connectivity index (χ1) is 4.36. The highest BCUT2D eigenvalue weighted by Gasteiger charge is 2.29. The van der Waals surface area contributed by atoms with Crippen LogP contribution in [-0.4, -0.2) is 33.0 Å². The number of carboxylic acid groups (broad SMARTS) is 1. The Balaban J connectivity index is 3.99. The minimum atomic E-state index is -1.52. The highest BCUT2D eigenvalue weighted by Crippen LogP contribution is 2.13. The molecule has 0 aliphatic carbocycles. The Hall–Kier alpha value is -0.610. The van der Waals surface area contributed by atoms with Crippen molar-refractivity contribution in [2.24, 2.45) is 0 Å². The molecule has 0 bridgehead atoms. The average Bonchev–Trinajstić information content (AvgIpc) is 1.60. The third-order valence-electron chi connectivity index (χ3n) is 1.41. The van der Waals surface area contributed by atoms with E-state index in [1.54, 1.807) is 0 Å². The van der Waals surface area contributed by atoms with E-state index < -0.39 is 24.1 Å². The first-order valence-electron chi connectivity index (χ1n) is 2.98. The molecule has 4 nitrogen and oxygen atoms in total. The van der Waals surface area contributed by atoms with E-state index >= 15 is 0 Å². The molecule has 0 spiro atoms. The Morgan fingerprint density at radius 3 is 2.20 bits per heavy atom. The van der Waals surface area contributed by atoms with E-state index in [0.29, 0.717) is 0 Å². The predicted molar refractivity (Wildman–Crippen MR) is 34.6 cm³/mol. The molecule has 0 aliphatic rings. The molecule has 0 rings (SSSR count). The lowest BCUT2D eigenvalue weighted by molar-refractivity contribution is -0.146. The van der Waals surface area contributed by atoms with Gasteiger partial charge in [0, 0.05) is 0 Å². The van der Waals surface area contributed by atoms with Gasteiger partial charge in [-0.3, -0.25) is 4.79 Å². The molecule has 2 unspecified atom stereocenters. The third kappa shape index (κ3) is 2.80. The van der Waals surface area contributed by atoms with E-state index in [9.17, 15) is 4.79 Å². The van der Waals surface area contributed by atoms with Gasteiger partial charge in [-0.2, -0.15) is 0 Å². The number of aliphatic hydroxyl groups is 2. The number of aliphatic hydroxyl groups excluding tert-OH is 1. The zero-order valence-corrected chi connectivity index (χ0v) is 6.03. The molecule has 2 atom stereocenters. The second-order valence-electron chi connectivity index (χ2n) is 2.60. The number of hydrogen-bond acceptors (Lipinski definition) is 3. The van der Waals surface area contributed by atoms with E-state index in [0.717, 1.165) is 0 Å². The first-order valence-corrected chi connectivity index (χ1v) is 2.98. The van der Waals surface area contributed by atoms with Crippen molar-refractivity contribution < 1.29 is 20.1 Å². The van der Waals surface area contributed by atoms with Crippen molar-refractivity contribution in [3.63, 3.8) is 0 Å². The van der Waals surface area contributed by atoms with Gasteiger partial charge in [0.05, 0.1) is 18.1 Å². The maximum Gasteiger partial charge on any atom is 0.306 e. The molecular weight excluding hydrogens is 136 g/mol. The van der Waals surface area contributed by atoms with E-state index in [-0.39, 0.29) is 0 Å². The Kier molecular flexibility index (Phi) is 2.80. The van der Waals surface area contributed by atoms with Crippen molar-refractivity contribution in [1.29, 1.82) is 0 Å². The Bertz CT molecular complexity index is 128. The molecule has 0 fully saturated rings. The molecule has 0 aliphatic heterocycles. The predicted octanol–water partition coefficient (Wildman–Crippen LogP) is -0.407. The number of aliphatic carboxylic acids is 1. The van der Waals surface area contributed by atoms with E-state index in [4.69, 9.17) is 15.3 Å². The fourth-order valence-electron chi connectivity index (χ4n) is 0.454. The molecule has 0 heterocycles. The van der Waals surface area contributed by atoms with Crippen LogP contribution in [0.4, 0.5) is 0 Å². The zero-order chi connectivity index (χ0) is 8.36. The van der Waals surface area contributed by atoms with Gasteiger partial charge in [-0.05, 0) is 13.8 Å². The summed E-state index contributed by atoms with van der Waals surface area (Å²) in [4.78, 5) is 10.0. The molecule has 0 aromatic carbocycles. The smallest absolute Gasteiger partial charge is 0.306 e. The highest BCUT2D eigenvalue weighted by atomic mass is 16.4. The van der Waals surface area contributed by atoms with Crippen LogP contribution >= 0.6 is 0 Å². The average molecular weight is 148 g/mol. The number of hydrogen-bond donors (Lipinski definition) is 3. The molecule has 0 radical (unpaired) electrons. The number of carboxylic acids is 1. The third-order valence-corrected chi connectivity index (χ3v) is 1.41. The molecule has 0 aromatic heterocycles.